The Kier molecular flexibility index (Phi) is 2.76. The third-order valence-electron chi connectivity index (χ3n) is 3.30. The van der Waals surface area contributed by atoms with Crippen LogP contribution in [-0.4, -0.2) is 36.8 Å². The first kappa shape index (κ1) is 10.6. The van der Waals surface area contributed by atoms with Crippen molar-refractivity contribution in [3.8, 4) is 0 Å². The fourth-order valence-electron chi connectivity index (χ4n) is 2.34. The molecule has 0 spiro atoms. The van der Waals surface area contributed by atoms with Gasteiger partial charge < -0.3 is 10.0 Å². The molecule has 1 atom stereocenters. The van der Waals surface area contributed by atoms with Gasteiger partial charge in [-0.1, -0.05) is 12.1 Å². The van der Waals surface area contributed by atoms with E-state index in [1.54, 1.807) is 12.1 Å². The fraction of sp³-hybridized carbons (Fsp3) is 0.500. The summed E-state index contributed by atoms with van der Waals surface area (Å²) in [7, 11) is 2.04. The van der Waals surface area contributed by atoms with E-state index in [0.717, 1.165) is 25.1 Å². The number of likely N-dealkylation sites (tertiary alicyclic amines) is 1. The van der Waals surface area contributed by atoms with Gasteiger partial charge in [0, 0.05) is 12.0 Å². The Morgan fingerprint density at radius 3 is 2.53 bits per heavy atom. The van der Waals surface area contributed by atoms with E-state index in [9.17, 15) is 9.50 Å². The van der Waals surface area contributed by atoms with Gasteiger partial charge >= 0.3 is 0 Å². The molecule has 1 aromatic rings. The summed E-state index contributed by atoms with van der Waals surface area (Å²) in [6.07, 6.45) is 0.936. The predicted octanol–water partition coefficient (Wildman–Crippen LogP) is 1.39. The molecule has 1 aromatic carbocycles. The number of aliphatic hydroxyl groups excluding tert-OH is 1. The predicted molar refractivity (Wildman–Crippen MR) is 57.3 cm³/mol. The molecule has 0 aromatic heterocycles. The zero-order chi connectivity index (χ0) is 10.9. The highest BCUT2D eigenvalue weighted by Crippen LogP contribution is 2.33. The van der Waals surface area contributed by atoms with Crippen molar-refractivity contribution >= 4 is 0 Å². The highest BCUT2D eigenvalue weighted by molar-refractivity contribution is 5.28. The van der Waals surface area contributed by atoms with Gasteiger partial charge in [-0.05, 0) is 37.7 Å². The summed E-state index contributed by atoms with van der Waals surface area (Å²) in [5, 5.41) is 9.54. The summed E-state index contributed by atoms with van der Waals surface area (Å²) >= 11 is 0. The molecule has 82 valence electrons. The van der Waals surface area contributed by atoms with Crippen LogP contribution in [-0.2, 0) is 5.41 Å². The maximum atomic E-state index is 12.8. The number of rotatable bonds is 2. The minimum Gasteiger partial charge on any atom is -0.395 e. The summed E-state index contributed by atoms with van der Waals surface area (Å²) in [4.78, 5) is 2.19. The second-order valence-corrected chi connectivity index (χ2v) is 4.43. The maximum absolute atomic E-state index is 12.8. The molecule has 1 fully saturated rings. The lowest BCUT2D eigenvalue weighted by molar-refractivity contribution is 0.195. The van der Waals surface area contributed by atoms with E-state index < -0.39 is 0 Å². The Morgan fingerprint density at radius 2 is 2.07 bits per heavy atom. The number of benzene rings is 1. The molecule has 0 aliphatic carbocycles. The Morgan fingerprint density at radius 1 is 1.40 bits per heavy atom. The lowest BCUT2D eigenvalue weighted by Gasteiger charge is -2.27. The Hall–Kier alpha value is -0.930. The minimum absolute atomic E-state index is 0.128. The van der Waals surface area contributed by atoms with Crippen LogP contribution in [0, 0.1) is 5.82 Å². The molecular weight excluding hydrogens is 193 g/mol. The van der Waals surface area contributed by atoms with Gasteiger partial charge in [0.15, 0.2) is 0 Å². The van der Waals surface area contributed by atoms with Crippen LogP contribution in [0.3, 0.4) is 0 Å². The third kappa shape index (κ3) is 1.90. The summed E-state index contributed by atoms with van der Waals surface area (Å²) in [5.41, 5.74) is 0.846. The highest BCUT2D eigenvalue weighted by atomic mass is 19.1. The molecule has 1 aliphatic rings. The summed E-state index contributed by atoms with van der Waals surface area (Å²) in [6, 6.07) is 6.49. The van der Waals surface area contributed by atoms with Gasteiger partial charge in [-0.25, -0.2) is 4.39 Å². The number of hydrogen-bond acceptors (Lipinski definition) is 2. The van der Waals surface area contributed by atoms with Gasteiger partial charge in [0.25, 0.3) is 0 Å². The SMILES string of the molecule is CN1CCC(CO)(c2ccc(F)cc2)C1. The van der Waals surface area contributed by atoms with Gasteiger partial charge in [0.2, 0.25) is 0 Å². The highest BCUT2D eigenvalue weighted by Gasteiger charge is 2.37. The van der Waals surface area contributed by atoms with Crippen LogP contribution >= 0.6 is 0 Å². The minimum atomic E-state index is -0.224. The van der Waals surface area contributed by atoms with Gasteiger partial charge in [-0.3, -0.25) is 0 Å². The van der Waals surface area contributed by atoms with Gasteiger partial charge in [0.05, 0.1) is 6.61 Å². The van der Waals surface area contributed by atoms with E-state index in [2.05, 4.69) is 4.90 Å². The second-order valence-electron chi connectivity index (χ2n) is 4.43. The largest absolute Gasteiger partial charge is 0.395 e. The number of likely N-dealkylation sites (N-methyl/N-ethyl adjacent to an activating group) is 1. The molecule has 0 bridgehead atoms. The zero-order valence-electron chi connectivity index (χ0n) is 8.91. The van der Waals surface area contributed by atoms with Crippen molar-refractivity contribution in [2.45, 2.75) is 11.8 Å². The quantitative estimate of drug-likeness (QED) is 0.795. The molecular formula is C12H16FNO. The monoisotopic (exact) mass is 209 g/mol. The molecule has 0 amide bonds. The van der Waals surface area contributed by atoms with Crippen LogP contribution in [0.5, 0.6) is 0 Å². The first-order valence-corrected chi connectivity index (χ1v) is 5.22. The molecule has 1 saturated heterocycles. The van der Waals surface area contributed by atoms with Crippen molar-refractivity contribution in [1.29, 1.82) is 0 Å². The molecule has 2 nitrogen and oxygen atoms in total. The average molecular weight is 209 g/mol. The fourth-order valence-corrected chi connectivity index (χ4v) is 2.34. The first-order valence-electron chi connectivity index (χ1n) is 5.22. The molecule has 1 heterocycles. The van der Waals surface area contributed by atoms with E-state index >= 15 is 0 Å². The molecule has 3 heteroatoms. The smallest absolute Gasteiger partial charge is 0.123 e. The van der Waals surface area contributed by atoms with Crippen molar-refractivity contribution < 1.29 is 9.50 Å². The molecule has 15 heavy (non-hydrogen) atoms. The number of halogens is 1. The van der Waals surface area contributed by atoms with Crippen LogP contribution in [0.25, 0.3) is 0 Å². The average Bonchev–Trinajstić information content (AvgIpc) is 2.62. The van der Waals surface area contributed by atoms with E-state index in [-0.39, 0.29) is 17.8 Å². The normalized spacial score (nSPS) is 27.1. The van der Waals surface area contributed by atoms with Crippen LogP contribution in [0.15, 0.2) is 24.3 Å². The van der Waals surface area contributed by atoms with Crippen molar-refractivity contribution in [1.82, 2.24) is 4.90 Å². The number of hydrogen-bond donors (Lipinski definition) is 1. The molecule has 0 radical (unpaired) electrons. The zero-order valence-corrected chi connectivity index (χ0v) is 8.91. The van der Waals surface area contributed by atoms with E-state index in [4.69, 9.17) is 0 Å². The summed E-state index contributed by atoms with van der Waals surface area (Å²) in [5.74, 6) is -0.224. The van der Waals surface area contributed by atoms with Gasteiger partial charge in [-0.15, -0.1) is 0 Å². The number of nitrogens with zero attached hydrogens (tertiary/aromatic N) is 1. The van der Waals surface area contributed by atoms with Crippen molar-refractivity contribution in [3.05, 3.63) is 35.6 Å². The number of aliphatic hydroxyl groups is 1. The molecule has 2 rings (SSSR count). The molecule has 0 saturated carbocycles. The van der Waals surface area contributed by atoms with E-state index in [1.165, 1.54) is 12.1 Å². The van der Waals surface area contributed by atoms with Crippen LogP contribution in [0.1, 0.15) is 12.0 Å². The Balaban J connectivity index is 2.30. The van der Waals surface area contributed by atoms with Gasteiger partial charge in [-0.2, -0.15) is 0 Å². The van der Waals surface area contributed by atoms with Crippen molar-refractivity contribution in [2.24, 2.45) is 0 Å². The topological polar surface area (TPSA) is 23.5 Å². The van der Waals surface area contributed by atoms with Crippen LogP contribution in [0.2, 0.25) is 0 Å². The third-order valence-corrected chi connectivity index (χ3v) is 3.30. The maximum Gasteiger partial charge on any atom is 0.123 e. The molecule has 1 N–H and O–H groups in total. The standard InChI is InChI=1S/C12H16FNO/c1-14-7-6-12(8-14,9-15)10-2-4-11(13)5-3-10/h2-5,15H,6-9H2,1H3. The lowest BCUT2D eigenvalue weighted by Crippen LogP contribution is -2.33. The Labute approximate surface area is 89.3 Å². The van der Waals surface area contributed by atoms with Crippen molar-refractivity contribution in [2.75, 3.05) is 26.7 Å². The van der Waals surface area contributed by atoms with Crippen LogP contribution in [0.4, 0.5) is 4.39 Å². The molecule has 1 unspecified atom stereocenters. The Bertz CT molecular complexity index is 338. The van der Waals surface area contributed by atoms with Gasteiger partial charge in [0.1, 0.15) is 5.82 Å². The lowest BCUT2D eigenvalue weighted by atomic mass is 9.80. The van der Waals surface area contributed by atoms with E-state index in [0.29, 0.717) is 0 Å². The van der Waals surface area contributed by atoms with Crippen LogP contribution < -0.4 is 0 Å². The van der Waals surface area contributed by atoms with Crippen molar-refractivity contribution in [3.63, 3.8) is 0 Å². The first-order chi connectivity index (χ1) is 7.16. The second kappa shape index (κ2) is 3.91. The van der Waals surface area contributed by atoms with E-state index in [1.807, 2.05) is 7.05 Å². The summed E-state index contributed by atoms with van der Waals surface area (Å²) in [6.45, 7) is 1.95. The molecule has 1 aliphatic heterocycles. The summed E-state index contributed by atoms with van der Waals surface area (Å²) < 4.78 is 12.8.